The summed E-state index contributed by atoms with van der Waals surface area (Å²) in [5, 5.41) is 2.69. The number of hydrogen-bond donors (Lipinski definition) is 0. The zero-order valence-electron chi connectivity index (χ0n) is 14.0. The molecule has 1 aromatic carbocycles. The van der Waals surface area contributed by atoms with Gasteiger partial charge in [-0.05, 0) is 47.6 Å². The van der Waals surface area contributed by atoms with E-state index in [1.807, 2.05) is 11.8 Å². The van der Waals surface area contributed by atoms with Gasteiger partial charge in [0.25, 0.3) is 0 Å². The van der Waals surface area contributed by atoms with Crippen molar-refractivity contribution in [2.75, 3.05) is 18.1 Å². The normalized spacial score (nSPS) is 13.1. The maximum atomic E-state index is 5.88. The van der Waals surface area contributed by atoms with E-state index in [0.717, 1.165) is 24.5 Å². The highest BCUT2D eigenvalue weighted by Gasteiger charge is 1.98. The van der Waals surface area contributed by atoms with Crippen LogP contribution in [0.1, 0.15) is 58.3 Å². The highest BCUT2D eigenvalue weighted by atomic mass is 32.2. The largest absolute Gasteiger partial charge is 0.493 e. The zero-order chi connectivity index (χ0) is 15.5. The standard InChI is InChI=1S/C20H30OS/c1-2-3-4-5-6-9-15-22-16-14-21-20-13-12-18-10-7-8-11-19(18)17-20/h10-13,17H,2-9,14-16H2,1H3. The monoisotopic (exact) mass is 318 g/mol. The summed E-state index contributed by atoms with van der Waals surface area (Å²) in [7, 11) is 0. The Kier molecular flexibility index (Phi) is 8.55. The third-order valence-electron chi connectivity index (χ3n) is 4.09. The minimum atomic E-state index is 0.822. The van der Waals surface area contributed by atoms with Gasteiger partial charge in [0.1, 0.15) is 5.75 Å². The molecule has 0 atom stereocenters. The fraction of sp³-hybridized carbons (Fsp3) is 0.600. The molecule has 2 heteroatoms. The van der Waals surface area contributed by atoms with E-state index in [9.17, 15) is 0 Å². The van der Waals surface area contributed by atoms with Gasteiger partial charge in [-0.1, -0.05) is 57.2 Å². The van der Waals surface area contributed by atoms with E-state index in [2.05, 4.69) is 37.3 Å². The van der Waals surface area contributed by atoms with Gasteiger partial charge in [-0.2, -0.15) is 11.8 Å². The van der Waals surface area contributed by atoms with Gasteiger partial charge in [-0.25, -0.2) is 0 Å². The first-order valence-electron chi connectivity index (χ1n) is 8.91. The van der Waals surface area contributed by atoms with Crippen molar-refractivity contribution in [3.05, 3.63) is 28.6 Å². The molecule has 0 radical (unpaired) electrons. The minimum Gasteiger partial charge on any atom is -0.493 e. The summed E-state index contributed by atoms with van der Waals surface area (Å²) >= 11 is 2.03. The van der Waals surface area contributed by atoms with Crippen molar-refractivity contribution in [3.8, 4) is 5.75 Å². The van der Waals surface area contributed by atoms with Crippen molar-refractivity contribution in [2.24, 2.45) is 0 Å². The number of ether oxygens (including phenoxy) is 1. The molecule has 0 bridgehead atoms. The molecule has 0 saturated heterocycles. The van der Waals surface area contributed by atoms with E-state index in [0.29, 0.717) is 0 Å². The van der Waals surface area contributed by atoms with Gasteiger partial charge in [-0.15, -0.1) is 0 Å². The molecule has 0 fully saturated rings. The first kappa shape index (κ1) is 17.5. The third kappa shape index (κ3) is 6.48. The molecule has 0 aliphatic heterocycles. The molecular weight excluding hydrogens is 288 g/mol. The van der Waals surface area contributed by atoms with Gasteiger partial charge in [0.2, 0.25) is 0 Å². The van der Waals surface area contributed by atoms with Crippen LogP contribution < -0.4 is 15.2 Å². The molecule has 0 amide bonds. The Hall–Kier alpha value is -0.890. The molecule has 0 heterocycles. The second-order valence-electron chi connectivity index (χ2n) is 6.00. The van der Waals surface area contributed by atoms with Crippen LogP contribution in [0.25, 0.3) is 12.2 Å². The SMILES string of the molecule is CCCCCCCCSCCOc1ccc2c(c1)=CCCC=2. The zero-order valence-corrected chi connectivity index (χ0v) is 14.8. The van der Waals surface area contributed by atoms with Crippen molar-refractivity contribution < 1.29 is 4.74 Å². The van der Waals surface area contributed by atoms with Crippen molar-refractivity contribution in [2.45, 2.75) is 58.3 Å². The molecule has 1 aromatic rings. The maximum absolute atomic E-state index is 5.88. The highest BCUT2D eigenvalue weighted by Crippen LogP contribution is 2.11. The smallest absolute Gasteiger partial charge is 0.119 e. The van der Waals surface area contributed by atoms with Crippen molar-refractivity contribution in [1.29, 1.82) is 0 Å². The van der Waals surface area contributed by atoms with Gasteiger partial charge in [-0.3, -0.25) is 0 Å². The number of fused-ring (bicyclic) bond motifs is 1. The molecule has 1 nitrogen and oxygen atoms in total. The molecule has 2 rings (SSSR count). The summed E-state index contributed by atoms with van der Waals surface area (Å²) in [6.07, 6.45) is 15.3. The lowest BCUT2D eigenvalue weighted by Crippen LogP contribution is -2.26. The summed E-state index contributed by atoms with van der Waals surface area (Å²) < 4.78 is 5.88. The maximum Gasteiger partial charge on any atom is 0.119 e. The molecule has 0 N–H and O–H groups in total. The molecular formula is C20H30OS. The van der Waals surface area contributed by atoms with E-state index in [1.165, 1.54) is 61.1 Å². The predicted octanol–water partition coefficient (Wildman–Crippen LogP) is 4.51. The lowest BCUT2D eigenvalue weighted by Gasteiger charge is -2.07. The summed E-state index contributed by atoms with van der Waals surface area (Å²) in [5.41, 5.74) is 0. The van der Waals surface area contributed by atoms with Crippen LogP contribution in [-0.2, 0) is 0 Å². The summed E-state index contributed by atoms with van der Waals surface area (Å²) in [4.78, 5) is 0. The van der Waals surface area contributed by atoms with Crippen LogP contribution in [0.5, 0.6) is 5.75 Å². The fourth-order valence-corrected chi connectivity index (χ4v) is 3.60. The quantitative estimate of drug-likeness (QED) is 0.555. The number of hydrogen-bond acceptors (Lipinski definition) is 2. The van der Waals surface area contributed by atoms with Crippen molar-refractivity contribution in [3.63, 3.8) is 0 Å². The van der Waals surface area contributed by atoms with Gasteiger partial charge in [0, 0.05) is 5.75 Å². The van der Waals surface area contributed by atoms with Gasteiger partial charge >= 0.3 is 0 Å². The molecule has 0 unspecified atom stereocenters. The molecule has 0 saturated carbocycles. The number of rotatable bonds is 11. The van der Waals surface area contributed by atoms with Crippen LogP contribution >= 0.6 is 11.8 Å². The van der Waals surface area contributed by atoms with Crippen LogP contribution in [0.4, 0.5) is 0 Å². The summed E-state index contributed by atoms with van der Waals surface area (Å²) in [5.74, 6) is 3.40. The minimum absolute atomic E-state index is 0.822. The molecule has 1 aliphatic carbocycles. The molecule has 122 valence electrons. The second-order valence-corrected chi connectivity index (χ2v) is 7.23. The Morgan fingerprint density at radius 1 is 0.909 bits per heavy atom. The third-order valence-corrected chi connectivity index (χ3v) is 5.12. The first-order valence-corrected chi connectivity index (χ1v) is 10.1. The number of unbranched alkanes of at least 4 members (excludes halogenated alkanes) is 5. The van der Waals surface area contributed by atoms with Gasteiger partial charge in [0.15, 0.2) is 0 Å². The summed E-state index contributed by atoms with van der Waals surface area (Å²) in [6.45, 7) is 3.09. The fourth-order valence-electron chi connectivity index (χ4n) is 2.79. The Labute approximate surface area is 139 Å². The average molecular weight is 319 g/mol. The molecule has 1 aliphatic rings. The highest BCUT2D eigenvalue weighted by molar-refractivity contribution is 7.99. The second kappa shape index (κ2) is 10.8. The van der Waals surface area contributed by atoms with Gasteiger partial charge < -0.3 is 4.74 Å². The van der Waals surface area contributed by atoms with Crippen LogP contribution in [0.3, 0.4) is 0 Å². The molecule has 0 aromatic heterocycles. The van der Waals surface area contributed by atoms with E-state index in [-0.39, 0.29) is 0 Å². The van der Waals surface area contributed by atoms with Crippen molar-refractivity contribution in [1.82, 2.24) is 0 Å². The molecule has 0 spiro atoms. The van der Waals surface area contributed by atoms with Crippen LogP contribution in [-0.4, -0.2) is 18.1 Å². The lowest BCUT2D eigenvalue weighted by atomic mass is 10.1. The van der Waals surface area contributed by atoms with Crippen LogP contribution in [0.2, 0.25) is 0 Å². The van der Waals surface area contributed by atoms with E-state index in [4.69, 9.17) is 4.74 Å². The Balaban J connectivity index is 1.54. The average Bonchev–Trinajstić information content (AvgIpc) is 2.56. The Morgan fingerprint density at radius 2 is 1.68 bits per heavy atom. The van der Waals surface area contributed by atoms with Gasteiger partial charge in [0.05, 0.1) is 6.61 Å². The van der Waals surface area contributed by atoms with E-state index < -0.39 is 0 Å². The van der Waals surface area contributed by atoms with Crippen molar-refractivity contribution >= 4 is 23.9 Å². The molecule has 22 heavy (non-hydrogen) atoms. The topological polar surface area (TPSA) is 9.23 Å². The van der Waals surface area contributed by atoms with Crippen LogP contribution in [0, 0.1) is 0 Å². The Morgan fingerprint density at radius 3 is 2.55 bits per heavy atom. The van der Waals surface area contributed by atoms with E-state index in [1.54, 1.807) is 0 Å². The number of thioether (sulfide) groups is 1. The van der Waals surface area contributed by atoms with E-state index >= 15 is 0 Å². The van der Waals surface area contributed by atoms with Crippen LogP contribution in [0.15, 0.2) is 18.2 Å². The summed E-state index contributed by atoms with van der Waals surface area (Å²) in [6, 6.07) is 6.47. The number of benzene rings is 1. The first-order chi connectivity index (χ1) is 10.9. The lowest BCUT2D eigenvalue weighted by molar-refractivity contribution is 0.343. The predicted molar refractivity (Wildman–Crippen MR) is 100 cm³/mol. The Bertz CT molecular complexity index is 535.